The van der Waals surface area contributed by atoms with Crippen LogP contribution in [-0.2, 0) is 0 Å². The molecule has 1 aromatic carbocycles. The predicted octanol–water partition coefficient (Wildman–Crippen LogP) is 3.87. The molecule has 96 valence electrons. The van der Waals surface area contributed by atoms with Gasteiger partial charge in [-0.1, -0.05) is 17.7 Å². The third-order valence-electron chi connectivity index (χ3n) is 2.53. The van der Waals surface area contributed by atoms with Crippen molar-refractivity contribution in [3.8, 4) is 0 Å². The van der Waals surface area contributed by atoms with Gasteiger partial charge in [0.25, 0.3) is 0 Å². The summed E-state index contributed by atoms with van der Waals surface area (Å²) in [5.74, 6) is -0.463. The van der Waals surface area contributed by atoms with E-state index in [1.807, 2.05) is 0 Å². The van der Waals surface area contributed by atoms with E-state index in [9.17, 15) is 17.6 Å². The minimum Gasteiger partial charge on any atom is -0.324 e. The van der Waals surface area contributed by atoms with Crippen molar-refractivity contribution < 1.29 is 17.6 Å². The Morgan fingerprint density at radius 2 is 1.94 bits per heavy atom. The monoisotopic (exact) mass is 249 g/mol. The van der Waals surface area contributed by atoms with Gasteiger partial charge in [0, 0.05) is 18.0 Å². The third kappa shape index (κ3) is 4.73. The topological polar surface area (TPSA) is 26.0 Å². The van der Waals surface area contributed by atoms with Crippen LogP contribution in [0.4, 0.5) is 17.6 Å². The molecular weight excluding hydrogens is 234 g/mol. The van der Waals surface area contributed by atoms with Crippen LogP contribution in [0.1, 0.15) is 36.4 Å². The molecule has 0 radical (unpaired) electrons. The third-order valence-corrected chi connectivity index (χ3v) is 2.53. The summed E-state index contributed by atoms with van der Waals surface area (Å²) in [5, 5.41) is 0. The summed E-state index contributed by atoms with van der Waals surface area (Å²) in [6, 6.07) is 3.78. The highest BCUT2D eigenvalue weighted by Crippen LogP contribution is 2.26. The fraction of sp³-hybridized carbons (Fsp3) is 0.500. The average Bonchev–Trinajstić information content (AvgIpc) is 2.19. The van der Waals surface area contributed by atoms with Crippen LogP contribution in [0.25, 0.3) is 0 Å². The van der Waals surface area contributed by atoms with Gasteiger partial charge in [0.15, 0.2) is 0 Å². The van der Waals surface area contributed by atoms with E-state index in [2.05, 4.69) is 0 Å². The SMILES string of the molecule is Cc1ccc(F)c(C(N)CCCC(F)(F)F)c1. The quantitative estimate of drug-likeness (QED) is 0.805. The van der Waals surface area contributed by atoms with Crippen molar-refractivity contribution in [3.05, 3.63) is 35.1 Å². The van der Waals surface area contributed by atoms with Gasteiger partial charge in [0.05, 0.1) is 0 Å². The van der Waals surface area contributed by atoms with Gasteiger partial charge in [-0.25, -0.2) is 4.39 Å². The largest absolute Gasteiger partial charge is 0.389 e. The van der Waals surface area contributed by atoms with Crippen LogP contribution in [0.3, 0.4) is 0 Å². The normalized spacial score (nSPS) is 13.8. The summed E-state index contributed by atoms with van der Waals surface area (Å²) in [6.45, 7) is 1.78. The van der Waals surface area contributed by atoms with Crippen molar-refractivity contribution >= 4 is 0 Å². The van der Waals surface area contributed by atoms with Gasteiger partial charge in [-0.15, -0.1) is 0 Å². The second-order valence-corrected chi connectivity index (χ2v) is 4.14. The number of aryl methyl sites for hydroxylation is 1. The molecule has 0 aliphatic heterocycles. The van der Waals surface area contributed by atoms with Crippen LogP contribution in [0, 0.1) is 12.7 Å². The number of halogens is 4. The number of benzene rings is 1. The maximum Gasteiger partial charge on any atom is 0.389 e. The van der Waals surface area contributed by atoms with Crippen LogP contribution >= 0.6 is 0 Å². The van der Waals surface area contributed by atoms with Gasteiger partial charge >= 0.3 is 6.18 Å². The molecule has 0 fully saturated rings. The molecule has 0 aromatic heterocycles. The average molecular weight is 249 g/mol. The lowest BCUT2D eigenvalue weighted by molar-refractivity contribution is -0.135. The van der Waals surface area contributed by atoms with Crippen LogP contribution in [-0.4, -0.2) is 6.18 Å². The highest BCUT2D eigenvalue weighted by Gasteiger charge is 2.26. The van der Waals surface area contributed by atoms with Gasteiger partial charge in [-0.05, 0) is 25.8 Å². The standard InChI is InChI=1S/C12H15F4N/c1-8-4-5-10(13)9(7-8)11(17)3-2-6-12(14,15)16/h4-5,7,11H,2-3,6,17H2,1H3. The molecule has 0 aliphatic rings. The Morgan fingerprint density at radius 1 is 1.29 bits per heavy atom. The minimum atomic E-state index is -4.18. The first kappa shape index (κ1) is 14.0. The molecule has 0 spiro atoms. The lowest BCUT2D eigenvalue weighted by atomic mass is 9.99. The van der Waals surface area contributed by atoms with Crippen molar-refractivity contribution in [1.82, 2.24) is 0 Å². The summed E-state index contributed by atoms with van der Waals surface area (Å²) in [4.78, 5) is 0. The molecule has 0 bridgehead atoms. The van der Waals surface area contributed by atoms with Gasteiger partial charge < -0.3 is 5.73 Å². The highest BCUT2D eigenvalue weighted by atomic mass is 19.4. The fourth-order valence-electron chi connectivity index (χ4n) is 1.63. The molecule has 1 rings (SSSR count). The number of nitrogens with two attached hydrogens (primary N) is 1. The number of rotatable bonds is 4. The van der Waals surface area contributed by atoms with Crippen LogP contribution in [0.2, 0.25) is 0 Å². The smallest absolute Gasteiger partial charge is 0.324 e. The lowest BCUT2D eigenvalue weighted by Gasteiger charge is -2.14. The Morgan fingerprint density at radius 3 is 2.53 bits per heavy atom. The Bertz CT molecular complexity index is 373. The Kier molecular flexibility index (Phi) is 4.51. The van der Waals surface area contributed by atoms with Crippen molar-refractivity contribution in [2.75, 3.05) is 0 Å². The molecule has 5 heteroatoms. The van der Waals surface area contributed by atoms with E-state index in [0.717, 1.165) is 5.56 Å². The minimum absolute atomic E-state index is 0.0853. The molecule has 1 aromatic rings. The molecule has 17 heavy (non-hydrogen) atoms. The summed E-state index contributed by atoms with van der Waals surface area (Å²) in [5.41, 5.74) is 6.81. The van der Waals surface area contributed by atoms with E-state index >= 15 is 0 Å². The van der Waals surface area contributed by atoms with E-state index < -0.39 is 24.5 Å². The van der Waals surface area contributed by atoms with Crippen LogP contribution in [0.5, 0.6) is 0 Å². The molecule has 0 amide bonds. The van der Waals surface area contributed by atoms with Crippen molar-refractivity contribution in [1.29, 1.82) is 0 Å². The molecule has 1 atom stereocenters. The van der Waals surface area contributed by atoms with E-state index in [4.69, 9.17) is 5.73 Å². The fourth-order valence-corrected chi connectivity index (χ4v) is 1.63. The number of alkyl halides is 3. The number of hydrogen-bond acceptors (Lipinski definition) is 1. The highest BCUT2D eigenvalue weighted by molar-refractivity contribution is 5.26. The van der Waals surface area contributed by atoms with E-state index in [0.29, 0.717) is 0 Å². The van der Waals surface area contributed by atoms with Gasteiger partial charge in [0.1, 0.15) is 5.82 Å². The van der Waals surface area contributed by atoms with Crippen LogP contribution in [0.15, 0.2) is 18.2 Å². The number of hydrogen-bond donors (Lipinski definition) is 1. The van der Waals surface area contributed by atoms with Gasteiger partial charge in [0.2, 0.25) is 0 Å². The molecule has 0 saturated carbocycles. The predicted molar refractivity (Wildman–Crippen MR) is 58.0 cm³/mol. The summed E-state index contributed by atoms with van der Waals surface area (Å²) in [6.07, 6.45) is -5.02. The first-order valence-corrected chi connectivity index (χ1v) is 5.38. The Labute approximate surface area is 97.6 Å². The Hall–Kier alpha value is -1.10. The summed E-state index contributed by atoms with van der Waals surface area (Å²) >= 11 is 0. The second kappa shape index (κ2) is 5.49. The molecule has 1 unspecified atom stereocenters. The molecule has 0 saturated heterocycles. The first-order chi connectivity index (χ1) is 7.79. The molecular formula is C12H15F4N. The van der Waals surface area contributed by atoms with E-state index in [1.165, 1.54) is 6.07 Å². The molecule has 0 aliphatic carbocycles. The Balaban J connectivity index is 2.58. The second-order valence-electron chi connectivity index (χ2n) is 4.14. The zero-order chi connectivity index (χ0) is 13.1. The van der Waals surface area contributed by atoms with Crippen molar-refractivity contribution in [2.24, 2.45) is 5.73 Å². The first-order valence-electron chi connectivity index (χ1n) is 5.38. The summed E-state index contributed by atoms with van der Waals surface area (Å²) < 4.78 is 49.2. The van der Waals surface area contributed by atoms with Crippen molar-refractivity contribution in [3.63, 3.8) is 0 Å². The van der Waals surface area contributed by atoms with E-state index in [1.54, 1.807) is 19.1 Å². The zero-order valence-electron chi connectivity index (χ0n) is 9.52. The maximum absolute atomic E-state index is 13.4. The lowest BCUT2D eigenvalue weighted by Crippen LogP contribution is -2.14. The molecule has 2 N–H and O–H groups in total. The molecule has 1 nitrogen and oxygen atoms in total. The zero-order valence-corrected chi connectivity index (χ0v) is 9.52. The van der Waals surface area contributed by atoms with Crippen molar-refractivity contribution in [2.45, 2.75) is 38.4 Å². The van der Waals surface area contributed by atoms with Gasteiger partial charge in [-0.2, -0.15) is 13.2 Å². The van der Waals surface area contributed by atoms with E-state index in [-0.39, 0.29) is 18.4 Å². The molecule has 0 heterocycles. The van der Waals surface area contributed by atoms with Crippen LogP contribution < -0.4 is 5.73 Å². The maximum atomic E-state index is 13.4. The summed E-state index contributed by atoms with van der Waals surface area (Å²) in [7, 11) is 0. The van der Waals surface area contributed by atoms with Gasteiger partial charge in [-0.3, -0.25) is 0 Å².